The summed E-state index contributed by atoms with van der Waals surface area (Å²) in [5, 5.41) is 18.8. The molecule has 1 aliphatic heterocycles. The number of fused-ring (bicyclic) bond motifs is 1. The van der Waals surface area contributed by atoms with Gasteiger partial charge in [0.05, 0.1) is 5.52 Å². The Morgan fingerprint density at radius 1 is 0.861 bits per heavy atom. The van der Waals surface area contributed by atoms with Gasteiger partial charge in [-0.05, 0) is 73.5 Å². The second kappa shape index (κ2) is 10.4. The average Bonchev–Trinajstić information content (AvgIpc) is 2.90. The molecule has 0 spiro atoms. The minimum atomic E-state index is -0.128. The first-order valence-electron chi connectivity index (χ1n) is 11.9. The minimum absolute atomic E-state index is 0.0122. The number of piperidine rings is 1. The molecule has 1 aliphatic rings. The first kappa shape index (κ1) is 23.2. The first-order valence-corrected chi connectivity index (χ1v) is 11.9. The Bertz CT molecular complexity index is 1370. The number of hydrogen-bond donors (Lipinski definition) is 3. The van der Waals surface area contributed by atoms with Crippen LogP contribution in [0.3, 0.4) is 0 Å². The van der Waals surface area contributed by atoms with E-state index < -0.39 is 0 Å². The van der Waals surface area contributed by atoms with E-state index in [1.54, 1.807) is 30.5 Å². The summed E-state index contributed by atoms with van der Waals surface area (Å²) < 4.78 is 0. The van der Waals surface area contributed by atoms with Crippen LogP contribution in [-0.4, -0.2) is 40.1 Å². The predicted molar refractivity (Wildman–Crippen MR) is 141 cm³/mol. The molecule has 3 N–H and O–H groups in total. The molecular weight excluding hydrogens is 454 g/mol. The van der Waals surface area contributed by atoms with Crippen molar-refractivity contribution in [2.75, 3.05) is 33.9 Å². The lowest BCUT2D eigenvalue weighted by Crippen LogP contribution is -2.38. The Hall–Kier alpha value is -4.53. The molecule has 9 heteroatoms. The number of nitrogens with zero attached hydrogens (tertiary/aromatic N) is 4. The highest BCUT2D eigenvalue weighted by molar-refractivity contribution is 5.93. The molecule has 2 aromatic carbocycles. The van der Waals surface area contributed by atoms with Crippen LogP contribution in [0.1, 0.15) is 19.8 Å². The van der Waals surface area contributed by atoms with Crippen molar-refractivity contribution >= 4 is 51.4 Å². The van der Waals surface area contributed by atoms with Crippen molar-refractivity contribution in [2.45, 2.75) is 19.8 Å². The van der Waals surface area contributed by atoms with E-state index in [9.17, 15) is 9.59 Å². The molecular formula is C27H27N7O2. The quantitative estimate of drug-likeness (QED) is 0.369. The molecule has 36 heavy (non-hydrogen) atoms. The van der Waals surface area contributed by atoms with E-state index in [1.807, 2.05) is 42.5 Å². The molecule has 0 radical (unpaired) electrons. The van der Waals surface area contributed by atoms with Crippen LogP contribution in [0.2, 0.25) is 0 Å². The maximum absolute atomic E-state index is 12.7. The van der Waals surface area contributed by atoms with E-state index in [4.69, 9.17) is 0 Å². The molecule has 5 rings (SSSR count). The molecule has 0 bridgehead atoms. The zero-order chi connectivity index (χ0) is 24.9. The number of nitrogens with one attached hydrogen (secondary N) is 3. The number of benzene rings is 2. The number of amides is 2. The number of carbonyl (C=O) groups excluding carboxylic acids is 2. The average molecular weight is 482 g/mol. The van der Waals surface area contributed by atoms with E-state index >= 15 is 0 Å². The highest BCUT2D eigenvalue weighted by Gasteiger charge is 2.26. The lowest BCUT2D eigenvalue weighted by molar-refractivity contribution is -0.120. The van der Waals surface area contributed by atoms with Gasteiger partial charge in [0, 0.05) is 54.6 Å². The van der Waals surface area contributed by atoms with Gasteiger partial charge in [-0.15, -0.1) is 10.2 Å². The summed E-state index contributed by atoms with van der Waals surface area (Å²) >= 11 is 0. The van der Waals surface area contributed by atoms with Crippen molar-refractivity contribution in [1.82, 2.24) is 15.2 Å². The van der Waals surface area contributed by atoms with Crippen LogP contribution in [-0.2, 0) is 9.59 Å². The fourth-order valence-corrected chi connectivity index (χ4v) is 4.32. The van der Waals surface area contributed by atoms with Crippen molar-refractivity contribution < 1.29 is 9.59 Å². The molecule has 0 aliphatic carbocycles. The van der Waals surface area contributed by atoms with Crippen LogP contribution in [0.5, 0.6) is 0 Å². The van der Waals surface area contributed by atoms with Gasteiger partial charge in [0.25, 0.3) is 0 Å². The van der Waals surface area contributed by atoms with Crippen molar-refractivity contribution in [2.24, 2.45) is 5.92 Å². The fourth-order valence-electron chi connectivity index (χ4n) is 4.32. The van der Waals surface area contributed by atoms with Crippen LogP contribution >= 0.6 is 0 Å². The van der Waals surface area contributed by atoms with Gasteiger partial charge in [0.1, 0.15) is 0 Å². The summed E-state index contributed by atoms with van der Waals surface area (Å²) in [4.78, 5) is 30.4. The maximum Gasteiger partial charge on any atom is 0.227 e. The number of pyridine rings is 1. The second-order valence-electron chi connectivity index (χ2n) is 8.82. The molecule has 1 saturated heterocycles. The molecule has 2 aromatic heterocycles. The van der Waals surface area contributed by atoms with Crippen molar-refractivity contribution in [1.29, 1.82) is 0 Å². The van der Waals surface area contributed by atoms with Gasteiger partial charge < -0.3 is 20.9 Å². The number of carbonyl (C=O) groups is 2. The SMILES string of the molecule is CC(=O)Nc1ccc(NC(=O)C2CCN(c3ccc(Nc4ccc5ncccc5c4)nn3)CC2)cc1. The van der Waals surface area contributed by atoms with Gasteiger partial charge in [-0.3, -0.25) is 14.6 Å². The normalized spacial score (nSPS) is 13.9. The Morgan fingerprint density at radius 3 is 2.28 bits per heavy atom. The molecule has 3 heterocycles. The van der Waals surface area contributed by atoms with E-state index in [0.29, 0.717) is 17.2 Å². The van der Waals surface area contributed by atoms with E-state index in [1.165, 1.54) is 6.92 Å². The van der Waals surface area contributed by atoms with Gasteiger partial charge >= 0.3 is 0 Å². The Balaban J connectivity index is 1.13. The standard InChI is InChI=1S/C27H27N7O2/c1-18(35)29-21-4-6-22(7-5-21)31-27(36)19-12-15-34(16-13-19)26-11-10-25(32-33-26)30-23-8-9-24-20(17-23)3-2-14-28-24/h2-11,14,17,19H,12-13,15-16H2,1H3,(H,29,35)(H,30,32)(H,31,36). The monoisotopic (exact) mass is 481 g/mol. The van der Waals surface area contributed by atoms with E-state index in [0.717, 1.165) is 48.3 Å². The van der Waals surface area contributed by atoms with Gasteiger partial charge in [-0.25, -0.2) is 0 Å². The van der Waals surface area contributed by atoms with Crippen LogP contribution < -0.4 is 20.9 Å². The molecule has 1 fully saturated rings. The zero-order valence-electron chi connectivity index (χ0n) is 19.9. The van der Waals surface area contributed by atoms with Gasteiger partial charge in [0.15, 0.2) is 11.6 Å². The van der Waals surface area contributed by atoms with E-state index in [-0.39, 0.29) is 17.7 Å². The lowest BCUT2D eigenvalue weighted by atomic mass is 9.96. The van der Waals surface area contributed by atoms with Crippen LogP contribution in [0.15, 0.2) is 72.9 Å². The topological polar surface area (TPSA) is 112 Å². The largest absolute Gasteiger partial charge is 0.355 e. The van der Waals surface area contributed by atoms with Gasteiger partial charge in [-0.1, -0.05) is 6.07 Å². The molecule has 4 aromatic rings. The third-order valence-electron chi connectivity index (χ3n) is 6.19. The number of aromatic nitrogens is 3. The molecule has 0 unspecified atom stereocenters. The summed E-state index contributed by atoms with van der Waals surface area (Å²) in [6.45, 7) is 2.93. The van der Waals surface area contributed by atoms with Gasteiger partial charge in [0.2, 0.25) is 11.8 Å². The lowest BCUT2D eigenvalue weighted by Gasteiger charge is -2.31. The minimum Gasteiger partial charge on any atom is -0.355 e. The summed E-state index contributed by atoms with van der Waals surface area (Å²) in [5.41, 5.74) is 3.29. The predicted octanol–water partition coefficient (Wildman–Crippen LogP) is 4.58. The smallest absolute Gasteiger partial charge is 0.227 e. The maximum atomic E-state index is 12.7. The number of anilines is 5. The number of hydrogen-bond acceptors (Lipinski definition) is 7. The second-order valence-corrected chi connectivity index (χ2v) is 8.82. The third-order valence-corrected chi connectivity index (χ3v) is 6.19. The molecule has 0 atom stereocenters. The summed E-state index contributed by atoms with van der Waals surface area (Å²) in [6.07, 6.45) is 3.26. The molecule has 182 valence electrons. The van der Waals surface area contributed by atoms with Gasteiger partial charge in [-0.2, -0.15) is 0 Å². The van der Waals surface area contributed by atoms with Crippen LogP contribution in [0.25, 0.3) is 10.9 Å². The summed E-state index contributed by atoms with van der Waals surface area (Å²) in [6, 6.07) is 20.9. The highest BCUT2D eigenvalue weighted by atomic mass is 16.2. The van der Waals surface area contributed by atoms with Crippen molar-refractivity contribution in [3.63, 3.8) is 0 Å². The first-order chi connectivity index (χ1) is 17.5. The Labute approximate surface area is 209 Å². The highest BCUT2D eigenvalue weighted by Crippen LogP contribution is 2.25. The van der Waals surface area contributed by atoms with Crippen LogP contribution in [0, 0.1) is 5.92 Å². The summed E-state index contributed by atoms with van der Waals surface area (Å²) in [7, 11) is 0. The molecule has 9 nitrogen and oxygen atoms in total. The zero-order valence-corrected chi connectivity index (χ0v) is 19.9. The third kappa shape index (κ3) is 5.57. The summed E-state index contributed by atoms with van der Waals surface area (Å²) in [5.74, 6) is 1.29. The van der Waals surface area contributed by atoms with E-state index in [2.05, 4.69) is 36.0 Å². The van der Waals surface area contributed by atoms with Crippen molar-refractivity contribution in [3.8, 4) is 0 Å². The Kier molecular flexibility index (Phi) is 6.70. The molecule has 0 saturated carbocycles. The number of rotatable bonds is 6. The van der Waals surface area contributed by atoms with Crippen molar-refractivity contribution in [3.05, 3.63) is 72.9 Å². The van der Waals surface area contributed by atoms with Crippen LogP contribution in [0.4, 0.5) is 28.7 Å². The Morgan fingerprint density at radius 2 is 1.58 bits per heavy atom. The molecule has 2 amide bonds. The fraction of sp³-hybridized carbons (Fsp3) is 0.222.